The number of aromatic amines is 1. The van der Waals surface area contributed by atoms with E-state index in [-0.39, 0.29) is 11.1 Å². The molecule has 2 heterocycles. The van der Waals surface area contributed by atoms with Crippen LogP contribution in [0.1, 0.15) is 5.76 Å². The maximum atomic E-state index is 11.6. The van der Waals surface area contributed by atoms with Crippen LogP contribution in [0.15, 0.2) is 33.6 Å². The van der Waals surface area contributed by atoms with Gasteiger partial charge in [-0.1, -0.05) is 17.3 Å². The number of ether oxygens (including phenoxy) is 1. The highest BCUT2D eigenvalue weighted by atomic mass is 16.5. The number of aryl methyl sites for hydroxylation is 1. The fourth-order valence-electron chi connectivity index (χ4n) is 2.00. The number of nitrogens with one attached hydrogen (secondary N) is 1. The highest BCUT2D eigenvalue weighted by Crippen LogP contribution is 2.28. The fraction of sp³-hybridized carbons (Fsp3) is 0.154. The number of methoxy groups -OCH3 is 1. The molecule has 0 saturated heterocycles. The van der Waals surface area contributed by atoms with E-state index in [1.54, 1.807) is 14.0 Å². The Morgan fingerprint density at radius 3 is 3.00 bits per heavy atom. The van der Waals surface area contributed by atoms with E-state index in [0.717, 1.165) is 5.56 Å². The molecule has 1 N–H and O–H groups in total. The Hall–Kier alpha value is -2.63. The molecule has 0 aliphatic heterocycles. The zero-order chi connectivity index (χ0) is 13.4. The van der Waals surface area contributed by atoms with Crippen LogP contribution >= 0.6 is 0 Å². The summed E-state index contributed by atoms with van der Waals surface area (Å²) < 4.78 is 10.3. The first-order chi connectivity index (χ1) is 9.20. The summed E-state index contributed by atoms with van der Waals surface area (Å²) in [5, 5.41) is 10.9. The molecule has 0 fully saturated rings. The van der Waals surface area contributed by atoms with E-state index in [0.29, 0.717) is 22.6 Å². The summed E-state index contributed by atoms with van der Waals surface area (Å²) in [5.74, 6) is 1.28. The lowest BCUT2D eigenvalue weighted by Gasteiger charge is -2.04. The summed E-state index contributed by atoms with van der Waals surface area (Å²) in [6, 6.07) is 7.42. The third-order valence-electron chi connectivity index (χ3n) is 2.93. The molecule has 6 heteroatoms. The molecule has 0 amide bonds. The first-order valence-electron chi connectivity index (χ1n) is 5.70. The third-order valence-corrected chi connectivity index (χ3v) is 2.93. The molecular formula is C13H11N3O3. The van der Waals surface area contributed by atoms with Crippen molar-refractivity contribution >= 4 is 10.9 Å². The standard InChI is InChI=1S/C13H11N3O3/c1-7-10-11(8-4-3-5-9(6-8)18-2)14-15-13(17)12(10)16-19-7/h3-6H,1-2H3,(H,15,17). The van der Waals surface area contributed by atoms with Crippen molar-refractivity contribution in [2.24, 2.45) is 0 Å². The van der Waals surface area contributed by atoms with Crippen molar-refractivity contribution in [1.82, 2.24) is 15.4 Å². The molecular weight excluding hydrogens is 246 g/mol. The number of rotatable bonds is 2. The third kappa shape index (κ3) is 1.77. The topological polar surface area (TPSA) is 81.0 Å². The number of benzene rings is 1. The van der Waals surface area contributed by atoms with E-state index in [1.807, 2.05) is 24.3 Å². The van der Waals surface area contributed by atoms with Crippen LogP contribution in [0, 0.1) is 6.92 Å². The van der Waals surface area contributed by atoms with Gasteiger partial charge in [0.15, 0.2) is 5.52 Å². The number of aromatic nitrogens is 3. The molecule has 0 radical (unpaired) electrons. The van der Waals surface area contributed by atoms with Crippen molar-refractivity contribution in [3.63, 3.8) is 0 Å². The Balaban J connectivity index is 2.33. The quantitative estimate of drug-likeness (QED) is 0.758. The minimum Gasteiger partial charge on any atom is -0.497 e. The summed E-state index contributed by atoms with van der Waals surface area (Å²) in [4.78, 5) is 11.6. The van der Waals surface area contributed by atoms with E-state index in [9.17, 15) is 4.79 Å². The number of fused-ring (bicyclic) bond motifs is 1. The van der Waals surface area contributed by atoms with Crippen molar-refractivity contribution in [3.8, 4) is 17.0 Å². The van der Waals surface area contributed by atoms with Crippen LogP contribution in [-0.4, -0.2) is 22.5 Å². The summed E-state index contributed by atoms with van der Waals surface area (Å²) in [7, 11) is 1.60. The summed E-state index contributed by atoms with van der Waals surface area (Å²) >= 11 is 0. The van der Waals surface area contributed by atoms with Crippen molar-refractivity contribution in [2.75, 3.05) is 7.11 Å². The monoisotopic (exact) mass is 257 g/mol. The number of hydrogen-bond donors (Lipinski definition) is 1. The number of H-pyrrole nitrogens is 1. The second-order valence-corrected chi connectivity index (χ2v) is 4.10. The zero-order valence-electron chi connectivity index (χ0n) is 10.4. The summed E-state index contributed by atoms with van der Waals surface area (Å²) in [6.45, 7) is 1.75. The molecule has 0 aliphatic carbocycles. The van der Waals surface area contributed by atoms with Crippen LogP contribution in [0.5, 0.6) is 5.75 Å². The van der Waals surface area contributed by atoms with Gasteiger partial charge < -0.3 is 9.26 Å². The van der Waals surface area contributed by atoms with Gasteiger partial charge in [0.05, 0.1) is 12.5 Å². The maximum absolute atomic E-state index is 11.6. The predicted octanol–water partition coefficient (Wildman–Crippen LogP) is 1.90. The van der Waals surface area contributed by atoms with Gasteiger partial charge in [-0.3, -0.25) is 4.79 Å². The van der Waals surface area contributed by atoms with E-state index in [1.165, 1.54) is 0 Å². The van der Waals surface area contributed by atoms with Crippen molar-refractivity contribution in [3.05, 3.63) is 40.4 Å². The number of hydrogen-bond acceptors (Lipinski definition) is 5. The van der Waals surface area contributed by atoms with Gasteiger partial charge in [0, 0.05) is 5.56 Å². The van der Waals surface area contributed by atoms with Crippen LogP contribution in [0.3, 0.4) is 0 Å². The molecule has 2 aromatic heterocycles. The smallest absolute Gasteiger partial charge is 0.294 e. The number of nitrogens with zero attached hydrogens (tertiary/aromatic N) is 2. The van der Waals surface area contributed by atoms with E-state index in [2.05, 4.69) is 15.4 Å². The van der Waals surface area contributed by atoms with Gasteiger partial charge in [-0.05, 0) is 19.1 Å². The molecule has 1 aromatic carbocycles. The van der Waals surface area contributed by atoms with Gasteiger partial charge in [0.1, 0.15) is 17.2 Å². The summed E-state index contributed by atoms with van der Waals surface area (Å²) in [6.07, 6.45) is 0. The zero-order valence-corrected chi connectivity index (χ0v) is 10.4. The normalized spacial score (nSPS) is 10.8. The second kappa shape index (κ2) is 4.24. The summed E-state index contributed by atoms with van der Waals surface area (Å²) in [5.41, 5.74) is 1.34. The lowest BCUT2D eigenvalue weighted by atomic mass is 10.1. The van der Waals surface area contributed by atoms with Crippen LogP contribution in [-0.2, 0) is 0 Å². The molecule has 3 rings (SSSR count). The lowest BCUT2D eigenvalue weighted by Crippen LogP contribution is -2.09. The lowest BCUT2D eigenvalue weighted by molar-refractivity contribution is 0.405. The van der Waals surface area contributed by atoms with Crippen LogP contribution in [0.25, 0.3) is 22.2 Å². The molecule has 0 spiro atoms. The van der Waals surface area contributed by atoms with Gasteiger partial charge in [-0.2, -0.15) is 5.10 Å². The first-order valence-corrected chi connectivity index (χ1v) is 5.70. The molecule has 0 aliphatic rings. The molecule has 19 heavy (non-hydrogen) atoms. The fourth-order valence-corrected chi connectivity index (χ4v) is 2.00. The minimum absolute atomic E-state index is 0.255. The van der Waals surface area contributed by atoms with Crippen molar-refractivity contribution in [1.29, 1.82) is 0 Å². The van der Waals surface area contributed by atoms with Crippen LogP contribution < -0.4 is 10.3 Å². The van der Waals surface area contributed by atoms with Gasteiger partial charge in [-0.15, -0.1) is 0 Å². The largest absolute Gasteiger partial charge is 0.497 e. The van der Waals surface area contributed by atoms with Gasteiger partial charge in [0.2, 0.25) is 0 Å². The van der Waals surface area contributed by atoms with Crippen molar-refractivity contribution in [2.45, 2.75) is 6.92 Å². The van der Waals surface area contributed by atoms with Crippen molar-refractivity contribution < 1.29 is 9.26 Å². The Labute approximate surface area is 108 Å². The Morgan fingerprint density at radius 1 is 1.37 bits per heavy atom. The van der Waals surface area contributed by atoms with Gasteiger partial charge in [0.25, 0.3) is 5.56 Å². The first kappa shape index (κ1) is 11.5. The van der Waals surface area contributed by atoms with Crippen LogP contribution in [0.4, 0.5) is 0 Å². The van der Waals surface area contributed by atoms with E-state index >= 15 is 0 Å². The minimum atomic E-state index is -0.363. The van der Waals surface area contributed by atoms with Gasteiger partial charge >= 0.3 is 0 Å². The molecule has 0 bridgehead atoms. The van der Waals surface area contributed by atoms with Gasteiger partial charge in [-0.25, -0.2) is 5.10 Å². The second-order valence-electron chi connectivity index (χ2n) is 4.10. The molecule has 0 unspecified atom stereocenters. The predicted molar refractivity (Wildman–Crippen MR) is 69.1 cm³/mol. The van der Waals surface area contributed by atoms with E-state index < -0.39 is 0 Å². The SMILES string of the molecule is COc1cccc(-c2n[nH]c(=O)c3noc(C)c23)c1. The molecule has 96 valence electrons. The highest BCUT2D eigenvalue weighted by Gasteiger charge is 2.16. The van der Waals surface area contributed by atoms with Crippen LogP contribution in [0.2, 0.25) is 0 Å². The average molecular weight is 257 g/mol. The molecule has 0 atom stereocenters. The maximum Gasteiger partial charge on any atom is 0.294 e. The molecule has 3 aromatic rings. The highest BCUT2D eigenvalue weighted by molar-refractivity contribution is 5.93. The Kier molecular flexibility index (Phi) is 2.56. The Bertz CT molecular complexity index is 804. The molecule has 6 nitrogen and oxygen atoms in total. The average Bonchev–Trinajstić information content (AvgIpc) is 2.83. The molecule has 0 saturated carbocycles. The van der Waals surface area contributed by atoms with E-state index in [4.69, 9.17) is 9.26 Å². The Morgan fingerprint density at radius 2 is 2.21 bits per heavy atom.